The lowest BCUT2D eigenvalue weighted by atomic mass is 10.3. The van der Waals surface area contributed by atoms with E-state index in [1.807, 2.05) is 30.3 Å². The van der Waals surface area contributed by atoms with E-state index in [1.165, 1.54) is 0 Å². The Balaban J connectivity index is 1.64. The van der Waals surface area contributed by atoms with Crippen molar-refractivity contribution in [1.29, 1.82) is 0 Å². The highest BCUT2D eigenvalue weighted by Gasteiger charge is 2.10. The van der Waals surface area contributed by atoms with Crippen molar-refractivity contribution < 1.29 is 4.79 Å². The highest BCUT2D eigenvalue weighted by Crippen LogP contribution is 2.25. The van der Waals surface area contributed by atoms with Crippen molar-refractivity contribution in [3.63, 3.8) is 0 Å². The van der Waals surface area contributed by atoms with E-state index in [4.69, 9.17) is 0 Å². The Morgan fingerprint density at radius 2 is 1.94 bits per heavy atom. The molecule has 1 fully saturated rings. The number of hydrogen-bond donors (Lipinski definition) is 2. The fraction of sp³-hybridized carbons (Fsp3) is 0.333. The van der Waals surface area contributed by atoms with Crippen LogP contribution in [-0.2, 0) is 4.79 Å². The standard InChI is InChI=1S/C12H15N3OS2/c16-11(14-15-12-17-8-9-18-12)6-7-13-10-4-2-1-3-5-10/h1-5,13H,6-9H2,(H,14,16). The van der Waals surface area contributed by atoms with Crippen molar-refractivity contribution in [2.45, 2.75) is 6.42 Å². The molecule has 0 saturated carbocycles. The predicted molar refractivity (Wildman–Crippen MR) is 80.0 cm³/mol. The molecular weight excluding hydrogens is 266 g/mol. The van der Waals surface area contributed by atoms with Gasteiger partial charge in [-0.15, -0.1) is 0 Å². The van der Waals surface area contributed by atoms with Gasteiger partial charge in [0.15, 0.2) is 0 Å². The maximum absolute atomic E-state index is 11.5. The average molecular weight is 281 g/mol. The Morgan fingerprint density at radius 1 is 1.22 bits per heavy atom. The van der Waals surface area contributed by atoms with E-state index in [9.17, 15) is 4.79 Å². The number of carbonyl (C=O) groups is 1. The van der Waals surface area contributed by atoms with E-state index < -0.39 is 0 Å². The van der Waals surface area contributed by atoms with Gasteiger partial charge in [0.1, 0.15) is 4.38 Å². The van der Waals surface area contributed by atoms with Crippen molar-refractivity contribution in [3.8, 4) is 0 Å². The molecule has 2 N–H and O–H groups in total. The highest BCUT2D eigenvalue weighted by atomic mass is 32.2. The zero-order chi connectivity index (χ0) is 12.6. The molecule has 1 aliphatic rings. The van der Waals surface area contributed by atoms with Gasteiger partial charge in [0.2, 0.25) is 5.91 Å². The van der Waals surface area contributed by atoms with Crippen LogP contribution in [-0.4, -0.2) is 28.3 Å². The summed E-state index contributed by atoms with van der Waals surface area (Å²) in [5, 5.41) is 7.25. The van der Waals surface area contributed by atoms with Crippen LogP contribution >= 0.6 is 23.5 Å². The molecule has 6 heteroatoms. The molecule has 0 aliphatic carbocycles. The van der Waals surface area contributed by atoms with E-state index in [0.29, 0.717) is 13.0 Å². The zero-order valence-electron chi connectivity index (χ0n) is 9.89. The third-order valence-electron chi connectivity index (χ3n) is 2.26. The van der Waals surface area contributed by atoms with Crippen molar-refractivity contribution in [2.24, 2.45) is 5.10 Å². The van der Waals surface area contributed by atoms with Crippen LogP contribution in [0.5, 0.6) is 0 Å². The van der Waals surface area contributed by atoms with Gasteiger partial charge in [-0.2, -0.15) is 5.10 Å². The SMILES string of the molecule is O=C(CCNc1ccccc1)NN=C1SCCS1. The molecule has 18 heavy (non-hydrogen) atoms. The fourth-order valence-corrected chi connectivity index (χ4v) is 3.47. The van der Waals surface area contributed by atoms with Crippen LogP contribution in [0.3, 0.4) is 0 Å². The molecule has 2 rings (SSSR count). The molecule has 1 aliphatic heterocycles. The zero-order valence-corrected chi connectivity index (χ0v) is 11.5. The third kappa shape index (κ3) is 4.62. The third-order valence-corrected chi connectivity index (χ3v) is 4.72. The Labute approximate surface area is 115 Å². The summed E-state index contributed by atoms with van der Waals surface area (Å²) in [6.07, 6.45) is 0.418. The molecule has 0 radical (unpaired) electrons. The van der Waals surface area contributed by atoms with E-state index in [1.54, 1.807) is 23.5 Å². The average Bonchev–Trinajstić information content (AvgIpc) is 2.91. The van der Waals surface area contributed by atoms with Crippen LogP contribution in [0.25, 0.3) is 0 Å². The van der Waals surface area contributed by atoms with Gasteiger partial charge in [0, 0.05) is 30.2 Å². The number of carbonyl (C=O) groups excluding carboxylic acids is 1. The topological polar surface area (TPSA) is 53.5 Å². The summed E-state index contributed by atoms with van der Waals surface area (Å²) in [7, 11) is 0. The maximum Gasteiger partial charge on any atom is 0.241 e. The number of nitrogens with zero attached hydrogens (tertiary/aromatic N) is 1. The van der Waals surface area contributed by atoms with Gasteiger partial charge in [0.25, 0.3) is 0 Å². The smallest absolute Gasteiger partial charge is 0.241 e. The minimum absolute atomic E-state index is 0.0565. The molecule has 0 bridgehead atoms. The largest absolute Gasteiger partial charge is 0.385 e. The molecule has 1 amide bonds. The van der Waals surface area contributed by atoms with E-state index in [-0.39, 0.29) is 5.91 Å². The molecule has 96 valence electrons. The van der Waals surface area contributed by atoms with Gasteiger partial charge in [-0.05, 0) is 12.1 Å². The first-order valence-electron chi connectivity index (χ1n) is 5.75. The first-order valence-corrected chi connectivity index (χ1v) is 7.73. The molecule has 1 heterocycles. The summed E-state index contributed by atoms with van der Waals surface area (Å²) in [4.78, 5) is 11.5. The van der Waals surface area contributed by atoms with E-state index in [0.717, 1.165) is 21.6 Å². The lowest BCUT2D eigenvalue weighted by molar-refractivity contribution is -0.120. The molecule has 1 aromatic carbocycles. The number of hydrogen-bond acceptors (Lipinski definition) is 5. The van der Waals surface area contributed by atoms with Crippen LogP contribution in [0, 0.1) is 0 Å². The van der Waals surface area contributed by atoms with Crippen LogP contribution in [0.15, 0.2) is 35.4 Å². The summed E-state index contributed by atoms with van der Waals surface area (Å²) in [6, 6.07) is 9.84. The fourth-order valence-electron chi connectivity index (χ4n) is 1.40. The number of thioether (sulfide) groups is 2. The molecule has 0 atom stereocenters. The number of rotatable bonds is 5. The Kier molecular flexibility index (Phi) is 5.41. The van der Waals surface area contributed by atoms with Gasteiger partial charge in [-0.3, -0.25) is 4.79 Å². The second-order valence-corrected chi connectivity index (χ2v) is 6.08. The lowest BCUT2D eigenvalue weighted by Gasteiger charge is -2.05. The Bertz CT molecular complexity index is 415. The highest BCUT2D eigenvalue weighted by molar-refractivity contribution is 8.41. The lowest BCUT2D eigenvalue weighted by Crippen LogP contribution is -2.21. The van der Waals surface area contributed by atoms with E-state index >= 15 is 0 Å². The second kappa shape index (κ2) is 7.33. The first-order chi connectivity index (χ1) is 8.84. The van der Waals surface area contributed by atoms with Crippen molar-refractivity contribution >= 4 is 39.5 Å². The van der Waals surface area contributed by atoms with Crippen molar-refractivity contribution in [2.75, 3.05) is 23.4 Å². The van der Waals surface area contributed by atoms with Gasteiger partial charge in [0.05, 0.1) is 0 Å². The van der Waals surface area contributed by atoms with Gasteiger partial charge in [-0.25, -0.2) is 5.43 Å². The summed E-state index contributed by atoms with van der Waals surface area (Å²) >= 11 is 3.38. The predicted octanol–water partition coefficient (Wildman–Crippen LogP) is 2.36. The van der Waals surface area contributed by atoms with Gasteiger partial charge < -0.3 is 5.32 Å². The summed E-state index contributed by atoms with van der Waals surface area (Å²) in [6.45, 7) is 0.612. The molecule has 0 unspecified atom stereocenters. The molecule has 1 aromatic rings. The Hall–Kier alpha value is -1.14. The number of anilines is 1. The van der Waals surface area contributed by atoms with Crippen molar-refractivity contribution in [3.05, 3.63) is 30.3 Å². The van der Waals surface area contributed by atoms with Gasteiger partial charge in [-0.1, -0.05) is 41.7 Å². The Morgan fingerprint density at radius 3 is 2.67 bits per heavy atom. The van der Waals surface area contributed by atoms with Crippen LogP contribution in [0.1, 0.15) is 6.42 Å². The minimum Gasteiger partial charge on any atom is -0.385 e. The summed E-state index contributed by atoms with van der Waals surface area (Å²) in [5.41, 5.74) is 3.60. The second-order valence-electron chi connectivity index (χ2n) is 3.65. The van der Waals surface area contributed by atoms with E-state index in [2.05, 4.69) is 15.8 Å². The molecule has 4 nitrogen and oxygen atoms in total. The number of nitrogens with one attached hydrogen (secondary N) is 2. The molecular formula is C12H15N3OS2. The number of amides is 1. The van der Waals surface area contributed by atoms with Crippen molar-refractivity contribution in [1.82, 2.24) is 5.43 Å². The first kappa shape index (κ1) is 13.3. The summed E-state index contributed by atoms with van der Waals surface area (Å²) < 4.78 is 0.958. The van der Waals surface area contributed by atoms with Crippen LogP contribution in [0.4, 0.5) is 5.69 Å². The normalized spacial score (nSPS) is 14.3. The number of benzene rings is 1. The quantitative estimate of drug-likeness (QED) is 0.814. The summed E-state index contributed by atoms with van der Waals surface area (Å²) in [5.74, 6) is 2.10. The minimum atomic E-state index is -0.0565. The van der Waals surface area contributed by atoms with Gasteiger partial charge >= 0.3 is 0 Å². The monoisotopic (exact) mass is 281 g/mol. The number of hydrazone groups is 1. The van der Waals surface area contributed by atoms with Crippen LogP contribution < -0.4 is 10.7 Å². The van der Waals surface area contributed by atoms with Crippen LogP contribution in [0.2, 0.25) is 0 Å². The maximum atomic E-state index is 11.5. The number of para-hydroxylation sites is 1. The molecule has 0 spiro atoms. The molecule has 0 aromatic heterocycles. The molecule has 1 saturated heterocycles.